The summed E-state index contributed by atoms with van der Waals surface area (Å²) in [5.41, 5.74) is 5.52. The third kappa shape index (κ3) is 4.05. The molecule has 0 bridgehead atoms. The molecule has 0 aliphatic carbocycles. The molecule has 0 radical (unpaired) electrons. The maximum Gasteiger partial charge on any atom is 0.338 e. The van der Waals surface area contributed by atoms with Gasteiger partial charge in [-0.15, -0.1) is 0 Å². The summed E-state index contributed by atoms with van der Waals surface area (Å²) in [5, 5.41) is 0. The van der Waals surface area contributed by atoms with Crippen molar-refractivity contribution in [1.29, 1.82) is 0 Å². The van der Waals surface area contributed by atoms with Crippen LogP contribution in [0, 0.1) is 13.8 Å². The number of carbonyl (C=O) groups excluding carboxylic acids is 1. The summed E-state index contributed by atoms with van der Waals surface area (Å²) >= 11 is 1.34. The monoisotopic (exact) mass is 497 g/mol. The highest BCUT2D eigenvalue weighted by atomic mass is 32.1. The van der Waals surface area contributed by atoms with Gasteiger partial charge in [-0.2, -0.15) is 0 Å². The van der Waals surface area contributed by atoms with E-state index in [4.69, 9.17) is 9.73 Å². The van der Waals surface area contributed by atoms with Crippen molar-refractivity contribution >= 4 is 29.1 Å². The van der Waals surface area contributed by atoms with Gasteiger partial charge in [0.1, 0.15) is 0 Å². The number of hydrogen-bond acceptors (Lipinski definition) is 5. The molecule has 2 aromatic heterocycles. The third-order valence-corrected chi connectivity index (χ3v) is 7.57. The van der Waals surface area contributed by atoms with E-state index >= 15 is 0 Å². The molecule has 1 aliphatic rings. The molecule has 0 saturated heterocycles. The van der Waals surface area contributed by atoms with Crippen LogP contribution >= 0.6 is 11.3 Å². The zero-order valence-electron chi connectivity index (χ0n) is 20.7. The van der Waals surface area contributed by atoms with E-state index in [9.17, 15) is 9.59 Å². The maximum absolute atomic E-state index is 13.9. The lowest BCUT2D eigenvalue weighted by atomic mass is 9.93. The van der Waals surface area contributed by atoms with Gasteiger partial charge in [-0.05, 0) is 44.0 Å². The average molecular weight is 498 g/mol. The lowest BCUT2D eigenvalue weighted by molar-refractivity contribution is -0.138. The minimum atomic E-state index is -0.655. The van der Waals surface area contributed by atoms with E-state index in [0.29, 0.717) is 20.6 Å². The van der Waals surface area contributed by atoms with E-state index in [0.717, 1.165) is 28.1 Å². The number of esters is 1. The highest BCUT2D eigenvalue weighted by molar-refractivity contribution is 7.07. The van der Waals surface area contributed by atoms with Gasteiger partial charge < -0.3 is 9.30 Å². The van der Waals surface area contributed by atoms with Crippen LogP contribution in [0.1, 0.15) is 41.0 Å². The van der Waals surface area contributed by atoms with E-state index in [1.54, 1.807) is 11.5 Å². The van der Waals surface area contributed by atoms with Gasteiger partial charge in [-0.1, -0.05) is 72.0 Å². The normalized spacial score (nSPS) is 15.6. The van der Waals surface area contributed by atoms with Gasteiger partial charge >= 0.3 is 5.97 Å². The van der Waals surface area contributed by atoms with Crippen LogP contribution in [0.4, 0.5) is 0 Å². The van der Waals surface area contributed by atoms with Gasteiger partial charge in [-0.25, -0.2) is 9.79 Å². The predicted octanol–water partition coefficient (Wildman–Crippen LogP) is 3.89. The van der Waals surface area contributed by atoms with Crippen LogP contribution in [0.15, 0.2) is 82.1 Å². The van der Waals surface area contributed by atoms with Crippen molar-refractivity contribution in [3.05, 3.63) is 120 Å². The van der Waals surface area contributed by atoms with Gasteiger partial charge in [0.15, 0.2) is 4.80 Å². The van der Waals surface area contributed by atoms with Gasteiger partial charge in [0.25, 0.3) is 5.56 Å². The smallest absolute Gasteiger partial charge is 0.338 e. The zero-order chi connectivity index (χ0) is 25.4. The number of carbonyl (C=O) groups is 1. The molecule has 7 heteroatoms. The number of aromatic nitrogens is 2. The molecule has 0 amide bonds. The van der Waals surface area contributed by atoms with Crippen molar-refractivity contribution in [2.24, 2.45) is 12.0 Å². The largest absolute Gasteiger partial charge is 0.463 e. The Morgan fingerprint density at radius 3 is 2.36 bits per heavy atom. The number of ether oxygens (including phenoxy) is 1. The number of hydrogen-bond donors (Lipinski definition) is 0. The fourth-order valence-electron chi connectivity index (χ4n) is 4.56. The molecule has 3 heterocycles. The highest BCUT2D eigenvalue weighted by Gasteiger charge is 2.35. The predicted molar refractivity (Wildman–Crippen MR) is 142 cm³/mol. The Balaban J connectivity index is 1.84. The number of benzene rings is 2. The van der Waals surface area contributed by atoms with Crippen LogP contribution in [0.25, 0.3) is 11.8 Å². The molecule has 0 saturated carbocycles. The van der Waals surface area contributed by atoms with Gasteiger partial charge in [0, 0.05) is 24.0 Å². The van der Waals surface area contributed by atoms with Crippen molar-refractivity contribution < 1.29 is 9.53 Å². The molecule has 1 aliphatic heterocycles. The number of nitrogens with zero attached hydrogens (tertiary/aromatic N) is 3. The summed E-state index contributed by atoms with van der Waals surface area (Å²) in [6.07, 6.45) is 1.92. The average Bonchev–Trinajstić information content (AvgIpc) is 3.34. The van der Waals surface area contributed by atoms with Crippen molar-refractivity contribution in [2.75, 3.05) is 6.61 Å². The number of thiazole rings is 1. The first-order valence-corrected chi connectivity index (χ1v) is 12.7. The van der Waals surface area contributed by atoms with Crippen molar-refractivity contribution in [1.82, 2.24) is 9.13 Å². The Morgan fingerprint density at radius 2 is 1.75 bits per heavy atom. The van der Waals surface area contributed by atoms with E-state index in [2.05, 4.69) is 10.6 Å². The minimum absolute atomic E-state index is 0.178. The first-order chi connectivity index (χ1) is 17.4. The molecular formula is C29H27N3O3S. The molecule has 36 heavy (non-hydrogen) atoms. The Labute approximate surface area is 213 Å². The standard InChI is InChI=1S/C29H27N3O3S/c1-5-35-28(34)24-25(20-12-8-6-9-13-20)30-29-32(26(24)21-14-10-7-11-15-21)27(33)23(36-29)17-22-16-18(2)31(4)19(22)3/h6-17,26H,5H2,1-4H3/b23-17+/t26-/m0/s1. The van der Waals surface area contributed by atoms with Crippen LogP contribution < -0.4 is 14.9 Å². The van der Waals surface area contributed by atoms with E-state index < -0.39 is 12.0 Å². The van der Waals surface area contributed by atoms with E-state index in [-0.39, 0.29) is 12.2 Å². The molecule has 5 rings (SSSR count). The molecule has 4 aromatic rings. The van der Waals surface area contributed by atoms with E-state index in [1.807, 2.05) is 87.6 Å². The molecular weight excluding hydrogens is 470 g/mol. The Hall–Kier alpha value is -3.97. The minimum Gasteiger partial charge on any atom is -0.463 e. The van der Waals surface area contributed by atoms with Crippen LogP contribution in [-0.2, 0) is 16.6 Å². The van der Waals surface area contributed by atoms with Crippen LogP contribution in [0.2, 0.25) is 0 Å². The maximum atomic E-state index is 13.9. The van der Waals surface area contributed by atoms with Gasteiger partial charge in [0.05, 0.1) is 28.5 Å². The topological polar surface area (TPSA) is 65.6 Å². The van der Waals surface area contributed by atoms with E-state index in [1.165, 1.54) is 11.3 Å². The molecule has 0 spiro atoms. The van der Waals surface area contributed by atoms with Gasteiger partial charge in [0.2, 0.25) is 0 Å². The number of aryl methyl sites for hydroxylation is 1. The lowest BCUT2D eigenvalue weighted by Gasteiger charge is -2.25. The summed E-state index contributed by atoms with van der Waals surface area (Å²) in [4.78, 5) is 32.7. The molecule has 182 valence electrons. The summed E-state index contributed by atoms with van der Waals surface area (Å²) in [6.45, 7) is 6.08. The van der Waals surface area contributed by atoms with Crippen molar-refractivity contribution in [2.45, 2.75) is 26.8 Å². The van der Waals surface area contributed by atoms with Crippen LogP contribution in [-0.4, -0.2) is 21.7 Å². The highest BCUT2D eigenvalue weighted by Crippen LogP contribution is 2.35. The molecule has 0 unspecified atom stereocenters. The molecule has 2 aromatic carbocycles. The fourth-order valence-corrected chi connectivity index (χ4v) is 5.55. The molecule has 0 fully saturated rings. The first kappa shape index (κ1) is 23.8. The lowest BCUT2D eigenvalue weighted by Crippen LogP contribution is -2.40. The molecule has 0 N–H and O–H groups in total. The quantitative estimate of drug-likeness (QED) is 0.393. The fraction of sp³-hybridized carbons (Fsp3) is 0.207. The Morgan fingerprint density at radius 1 is 1.08 bits per heavy atom. The second kappa shape index (κ2) is 9.59. The second-order valence-corrected chi connectivity index (χ2v) is 9.74. The second-order valence-electron chi connectivity index (χ2n) is 8.73. The SMILES string of the molecule is CCOC(=O)C1=C(c2ccccc2)N=c2s/c(=C/c3cc(C)n(C)c3C)c(=O)n2[C@H]1c1ccccc1. The molecule has 6 nitrogen and oxygen atoms in total. The Kier molecular flexibility index (Phi) is 6.33. The Bertz CT molecular complexity index is 1660. The van der Waals surface area contributed by atoms with Crippen LogP contribution in [0.3, 0.4) is 0 Å². The summed E-state index contributed by atoms with van der Waals surface area (Å²) in [6, 6.07) is 20.6. The van der Waals surface area contributed by atoms with Gasteiger partial charge in [-0.3, -0.25) is 9.36 Å². The van der Waals surface area contributed by atoms with Crippen molar-refractivity contribution in [3.63, 3.8) is 0 Å². The third-order valence-electron chi connectivity index (χ3n) is 6.59. The van der Waals surface area contributed by atoms with Crippen molar-refractivity contribution in [3.8, 4) is 0 Å². The zero-order valence-corrected chi connectivity index (χ0v) is 21.5. The number of fused-ring (bicyclic) bond motifs is 1. The van der Waals surface area contributed by atoms with Crippen LogP contribution in [0.5, 0.6) is 0 Å². The first-order valence-electron chi connectivity index (χ1n) is 11.9. The summed E-state index contributed by atoms with van der Waals surface area (Å²) in [7, 11) is 2.01. The number of rotatable bonds is 5. The summed E-state index contributed by atoms with van der Waals surface area (Å²) < 4.78 is 9.80. The molecule has 1 atom stereocenters. The summed E-state index contributed by atoms with van der Waals surface area (Å²) in [5.74, 6) is -0.474.